The van der Waals surface area contributed by atoms with Crippen molar-refractivity contribution in [3.05, 3.63) is 0 Å². The van der Waals surface area contributed by atoms with Crippen LogP contribution in [0.5, 0.6) is 0 Å². The number of carbonyl (C=O) groups excluding carboxylic acids is 2. The smallest absolute Gasteiger partial charge is 0.548 e. The molecule has 7 heteroatoms. The fraction of sp³-hybridized carbons (Fsp3) is 0.978. The van der Waals surface area contributed by atoms with Crippen LogP contribution in [0.1, 0.15) is 542 Å². The third-order valence-electron chi connectivity index (χ3n) is 22.3. The Morgan fingerprint density at radius 3 is 0.384 bits per heavy atom. The van der Waals surface area contributed by atoms with Crippen molar-refractivity contribution in [3.63, 3.8) is 0 Å². The van der Waals surface area contributed by atoms with Crippen LogP contribution in [0.25, 0.3) is 0 Å². The zero-order chi connectivity index (χ0) is 71.4. The molecule has 0 fully saturated rings. The largest absolute Gasteiger partial charge is 2.00 e. The van der Waals surface area contributed by atoms with E-state index < -0.39 is 24.0 Å². The van der Waals surface area contributed by atoms with Crippen LogP contribution < -0.4 is 10.2 Å². The van der Waals surface area contributed by atoms with E-state index in [1.54, 1.807) is 0 Å². The average molecular weight is 1420 g/mol. The Bertz CT molecular complexity index is 1280. The van der Waals surface area contributed by atoms with Crippen LogP contribution in [-0.2, 0) is 9.59 Å². The molecule has 2 unspecified atom stereocenters. The van der Waals surface area contributed by atoms with Gasteiger partial charge in [-0.05, 0) is 64.7 Å². The summed E-state index contributed by atoms with van der Waals surface area (Å²) in [5.41, 5.74) is 0. The van der Waals surface area contributed by atoms with Gasteiger partial charge in [0, 0.05) is 12.1 Å². The van der Waals surface area contributed by atoms with Crippen molar-refractivity contribution in [1.29, 1.82) is 0 Å². The van der Waals surface area contributed by atoms with Gasteiger partial charge in [-0.3, -0.25) is 9.80 Å². The van der Waals surface area contributed by atoms with Crippen LogP contribution >= 0.6 is 0 Å². The van der Waals surface area contributed by atoms with Crippen molar-refractivity contribution in [2.24, 2.45) is 0 Å². The Morgan fingerprint density at radius 1 is 0.182 bits per heavy atom. The Hall–Kier alpha value is 0.120. The summed E-state index contributed by atoms with van der Waals surface area (Å²) in [5.74, 6) is -1.70. The zero-order valence-electron chi connectivity index (χ0n) is 69.4. The van der Waals surface area contributed by atoms with Gasteiger partial charge in [-0.2, -0.15) is 0 Å². The van der Waals surface area contributed by atoms with Gasteiger partial charge in [0.2, 0.25) is 0 Å². The molecule has 0 aromatic carbocycles. The van der Waals surface area contributed by atoms with Gasteiger partial charge >= 0.3 is 37.7 Å². The molecule has 0 radical (unpaired) electrons. The van der Waals surface area contributed by atoms with Crippen molar-refractivity contribution >= 4 is 49.7 Å². The first-order chi connectivity index (χ1) is 48.3. The number of unbranched alkanes of at least 4 members (excludes halogenated alkanes) is 70. The van der Waals surface area contributed by atoms with E-state index in [0.29, 0.717) is 0 Å². The fourth-order valence-electron chi connectivity index (χ4n) is 15.4. The van der Waals surface area contributed by atoms with E-state index >= 15 is 0 Å². The minimum atomic E-state index is -0.849. The fourth-order valence-corrected chi connectivity index (χ4v) is 15.4. The topological polar surface area (TPSA) is 86.7 Å². The molecule has 0 aliphatic carbocycles. The summed E-state index contributed by atoms with van der Waals surface area (Å²) >= 11 is 0. The number of hydrogen-bond donors (Lipinski definition) is 0. The zero-order valence-corrected chi connectivity index (χ0v) is 71.6. The van der Waals surface area contributed by atoms with E-state index in [4.69, 9.17) is 0 Å². The Morgan fingerprint density at radius 2 is 0.283 bits per heavy atom. The molecular weight excluding hydrogens is 1240 g/mol. The maximum atomic E-state index is 12.1. The summed E-state index contributed by atoms with van der Waals surface area (Å²) in [5, 5.41) is 24.2. The molecule has 0 bridgehead atoms. The van der Waals surface area contributed by atoms with Crippen LogP contribution in [-0.4, -0.2) is 97.7 Å². The molecule has 0 aromatic heterocycles. The molecule has 6 nitrogen and oxygen atoms in total. The summed E-state index contributed by atoms with van der Waals surface area (Å²) in [6, 6.07) is -0.784. The summed E-state index contributed by atoms with van der Waals surface area (Å²) in [7, 11) is 0. The second-order valence-corrected chi connectivity index (χ2v) is 32.1. The molecule has 0 saturated carbocycles. The van der Waals surface area contributed by atoms with Crippen LogP contribution in [0.2, 0.25) is 0 Å². The first-order valence-corrected chi connectivity index (χ1v) is 46.2. The van der Waals surface area contributed by atoms with Gasteiger partial charge in [0.05, 0.1) is 11.9 Å². The van der Waals surface area contributed by atoms with Gasteiger partial charge in [0.1, 0.15) is 0 Å². The third kappa shape index (κ3) is 83.6. The molecule has 0 N–H and O–H groups in total. The van der Waals surface area contributed by atoms with Gasteiger partial charge in [-0.25, -0.2) is 0 Å². The average Bonchev–Trinajstić information content (AvgIpc) is 1.13. The van der Waals surface area contributed by atoms with E-state index in [0.717, 1.165) is 90.4 Å². The summed E-state index contributed by atoms with van der Waals surface area (Å²) in [4.78, 5) is 28.7. The molecule has 0 aliphatic heterocycles. The van der Waals surface area contributed by atoms with Gasteiger partial charge < -0.3 is 19.8 Å². The van der Waals surface area contributed by atoms with Crippen LogP contribution in [0.15, 0.2) is 0 Å². The van der Waals surface area contributed by atoms with Crippen molar-refractivity contribution in [1.82, 2.24) is 9.80 Å². The molecule has 99 heavy (non-hydrogen) atoms. The second kappa shape index (κ2) is 92.3. The first-order valence-electron chi connectivity index (χ1n) is 46.2. The van der Waals surface area contributed by atoms with E-state index in [1.807, 2.05) is 0 Å². The molecule has 2 atom stereocenters. The predicted molar refractivity (Wildman–Crippen MR) is 441 cm³/mol. The molecule has 0 aromatic rings. The minimum Gasteiger partial charge on any atom is -0.548 e. The third-order valence-corrected chi connectivity index (χ3v) is 22.3. The van der Waals surface area contributed by atoms with E-state index in [1.165, 1.54) is 437 Å². The van der Waals surface area contributed by atoms with Crippen molar-refractivity contribution in [3.8, 4) is 0 Å². The molecule has 0 aliphatic rings. The number of rotatable bonds is 86. The molecule has 0 amide bonds. The van der Waals surface area contributed by atoms with Crippen LogP contribution in [0, 0.1) is 0 Å². The number of carboxylic acid groups (broad SMARTS) is 2. The van der Waals surface area contributed by atoms with Gasteiger partial charge in [-0.15, -0.1) is 0 Å². The minimum absolute atomic E-state index is 0. The monoisotopic (exact) mass is 1420 g/mol. The number of carbonyl (C=O) groups is 2. The van der Waals surface area contributed by atoms with Gasteiger partial charge in [0.25, 0.3) is 0 Å². The standard InChI is InChI=1S/2C46H93NO2.Ca/c2*1-4-7-10-12-14-16-18-20-22-24-26-28-30-32-34-36-38-40-43-47(45(46(48)49)42-9-6-3)44-41-39-37-35-33-31-29-27-25-23-21-19-17-15-13-11-8-5-2;/h2*45H,4-44H2,1-3H3,(H,48,49);/q;;+2/p-2. The molecule has 0 spiro atoms. The van der Waals surface area contributed by atoms with E-state index in [-0.39, 0.29) is 37.7 Å². The van der Waals surface area contributed by atoms with Gasteiger partial charge in [0.15, 0.2) is 0 Å². The van der Waals surface area contributed by atoms with Crippen molar-refractivity contribution in [2.45, 2.75) is 554 Å². The molecule has 0 rings (SSSR count). The Labute approximate surface area is 655 Å². The van der Waals surface area contributed by atoms with Gasteiger partial charge in [-0.1, -0.05) is 504 Å². The Balaban J connectivity index is -0.00000184. The summed E-state index contributed by atoms with van der Waals surface area (Å²) in [6.07, 6.45) is 105. The first kappa shape index (κ1) is 103. The van der Waals surface area contributed by atoms with E-state index in [2.05, 4.69) is 51.3 Å². The number of carboxylic acids is 2. The molecule has 588 valence electrons. The molecule has 0 heterocycles. The number of nitrogens with zero attached hydrogens (tertiary/aromatic N) is 2. The predicted octanol–water partition coefficient (Wildman–Crippen LogP) is 29.0. The number of aliphatic carboxylic acids is 2. The number of hydrogen-bond acceptors (Lipinski definition) is 6. The van der Waals surface area contributed by atoms with E-state index in [9.17, 15) is 19.8 Å². The second-order valence-electron chi connectivity index (χ2n) is 32.1. The summed E-state index contributed by atoms with van der Waals surface area (Å²) in [6.45, 7) is 17.2. The summed E-state index contributed by atoms with van der Waals surface area (Å²) < 4.78 is 0. The normalized spacial score (nSPS) is 12.2. The van der Waals surface area contributed by atoms with Crippen molar-refractivity contribution in [2.75, 3.05) is 26.2 Å². The molecule has 0 saturated heterocycles. The van der Waals surface area contributed by atoms with Crippen LogP contribution in [0.4, 0.5) is 0 Å². The van der Waals surface area contributed by atoms with Crippen LogP contribution in [0.3, 0.4) is 0 Å². The Kier molecular flexibility index (Phi) is 96.3. The maximum absolute atomic E-state index is 12.1. The maximum Gasteiger partial charge on any atom is 2.00 e. The van der Waals surface area contributed by atoms with Crippen molar-refractivity contribution < 1.29 is 19.8 Å². The quantitative estimate of drug-likeness (QED) is 0.0445. The molecular formula is C92H184CaN2O4. The SMILES string of the molecule is CCCCCCCCCCCCCCCCCCCCN(CCCCCCCCCCCCCCCCCCCC)C(CCCC)C(=O)[O-].CCCCCCCCCCCCCCCCCCCCN(CCCCCCCCCCCCCCCCCCCC)C(CCCC)C(=O)[O-].[Ca+2].